The van der Waals surface area contributed by atoms with E-state index in [1.807, 2.05) is 61.6 Å². The molecule has 1 amide bonds. The third kappa shape index (κ3) is 4.53. The molecule has 4 nitrogen and oxygen atoms in total. The summed E-state index contributed by atoms with van der Waals surface area (Å²) >= 11 is 0. The summed E-state index contributed by atoms with van der Waals surface area (Å²) in [4.78, 5) is 19.1. The molecular weight excluding hydrogens is 334 g/mol. The van der Waals surface area contributed by atoms with Crippen LogP contribution in [-0.4, -0.2) is 29.4 Å². The molecule has 0 unspecified atom stereocenters. The number of aromatic nitrogens is 1. The fourth-order valence-electron chi connectivity index (χ4n) is 2.95. The molecular formula is C23H25N3O. The number of carbonyl (C=O) groups excluding carboxylic acids is 1. The number of pyridine rings is 1. The Balaban J connectivity index is 1.76. The lowest BCUT2D eigenvalue weighted by Gasteiger charge is -2.20. The third-order valence-electron chi connectivity index (χ3n) is 4.81. The lowest BCUT2D eigenvalue weighted by molar-refractivity contribution is 0.0797. The number of hydrogen-bond donors (Lipinski definition) is 1. The van der Waals surface area contributed by atoms with E-state index in [0.29, 0.717) is 12.1 Å². The Morgan fingerprint density at radius 3 is 2.48 bits per heavy atom. The summed E-state index contributed by atoms with van der Waals surface area (Å²) < 4.78 is 0. The quantitative estimate of drug-likeness (QED) is 0.690. The van der Waals surface area contributed by atoms with Gasteiger partial charge in [-0.15, -0.1) is 0 Å². The third-order valence-corrected chi connectivity index (χ3v) is 4.81. The van der Waals surface area contributed by atoms with Crippen molar-refractivity contribution in [2.24, 2.45) is 0 Å². The van der Waals surface area contributed by atoms with Gasteiger partial charge < -0.3 is 10.2 Å². The molecule has 2 aromatic carbocycles. The minimum Gasteiger partial charge on any atom is -0.355 e. The zero-order valence-electron chi connectivity index (χ0n) is 16.1. The van der Waals surface area contributed by atoms with E-state index in [4.69, 9.17) is 0 Å². The van der Waals surface area contributed by atoms with Crippen LogP contribution in [0.3, 0.4) is 0 Å². The number of amides is 1. The SMILES string of the molecule is Cc1cccc(Nc2ccccc2C(=O)N(C)CCc2ccccn2)c1C. The highest BCUT2D eigenvalue weighted by Gasteiger charge is 2.16. The van der Waals surface area contributed by atoms with Crippen molar-refractivity contribution in [3.63, 3.8) is 0 Å². The monoisotopic (exact) mass is 359 g/mol. The molecule has 0 saturated heterocycles. The molecule has 0 atom stereocenters. The molecule has 0 radical (unpaired) electrons. The van der Waals surface area contributed by atoms with Crippen molar-refractivity contribution in [3.05, 3.63) is 89.2 Å². The van der Waals surface area contributed by atoms with Gasteiger partial charge in [-0.05, 0) is 55.3 Å². The van der Waals surface area contributed by atoms with Gasteiger partial charge in [-0.2, -0.15) is 0 Å². The van der Waals surface area contributed by atoms with Gasteiger partial charge in [0.2, 0.25) is 0 Å². The number of rotatable bonds is 6. The van der Waals surface area contributed by atoms with Gasteiger partial charge in [0.05, 0.1) is 11.3 Å². The van der Waals surface area contributed by atoms with E-state index in [1.54, 1.807) is 11.1 Å². The largest absolute Gasteiger partial charge is 0.355 e. The van der Waals surface area contributed by atoms with Gasteiger partial charge in [0.25, 0.3) is 5.91 Å². The molecule has 0 spiro atoms. The fourth-order valence-corrected chi connectivity index (χ4v) is 2.95. The molecule has 138 valence electrons. The van der Waals surface area contributed by atoms with Crippen LogP contribution in [0.2, 0.25) is 0 Å². The van der Waals surface area contributed by atoms with Crippen molar-refractivity contribution in [3.8, 4) is 0 Å². The van der Waals surface area contributed by atoms with Gasteiger partial charge in [0, 0.05) is 37.6 Å². The molecule has 0 saturated carbocycles. The molecule has 1 N–H and O–H groups in total. The van der Waals surface area contributed by atoms with Crippen LogP contribution in [0.1, 0.15) is 27.2 Å². The number of benzene rings is 2. The van der Waals surface area contributed by atoms with Gasteiger partial charge in [0.15, 0.2) is 0 Å². The molecule has 3 rings (SSSR count). The number of hydrogen-bond acceptors (Lipinski definition) is 3. The Hall–Kier alpha value is -3.14. The van der Waals surface area contributed by atoms with Crippen LogP contribution in [0.25, 0.3) is 0 Å². The topological polar surface area (TPSA) is 45.2 Å². The first kappa shape index (κ1) is 18.6. The molecule has 0 fully saturated rings. The predicted octanol–water partition coefficient (Wildman–Crippen LogP) is 4.76. The number of aryl methyl sites for hydroxylation is 1. The smallest absolute Gasteiger partial charge is 0.255 e. The van der Waals surface area contributed by atoms with Crippen LogP contribution in [0, 0.1) is 13.8 Å². The maximum Gasteiger partial charge on any atom is 0.255 e. The number of carbonyl (C=O) groups is 1. The summed E-state index contributed by atoms with van der Waals surface area (Å²) in [6, 6.07) is 19.6. The average molecular weight is 359 g/mol. The highest BCUT2D eigenvalue weighted by atomic mass is 16.2. The normalized spacial score (nSPS) is 10.5. The lowest BCUT2D eigenvalue weighted by atomic mass is 10.1. The first-order chi connectivity index (χ1) is 13.1. The Labute approximate surface area is 160 Å². The molecule has 1 aromatic heterocycles. The first-order valence-electron chi connectivity index (χ1n) is 9.14. The summed E-state index contributed by atoms with van der Waals surface area (Å²) in [6.45, 7) is 4.79. The van der Waals surface area contributed by atoms with E-state index in [2.05, 4.69) is 30.2 Å². The number of nitrogens with zero attached hydrogens (tertiary/aromatic N) is 2. The Morgan fingerprint density at radius 1 is 0.963 bits per heavy atom. The van der Waals surface area contributed by atoms with Crippen molar-refractivity contribution in [2.45, 2.75) is 20.3 Å². The molecule has 27 heavy (non-hydrogen) atoms. The van der Waals surface area contributed by atoms with Gasteiger partial charge in [0.1, 0.15) is 0 Å². The van der Waals surface area contributed by atoms with E-state index in [0.717, 1.165) is 23.5 Å². The summed E-state index contributed by atoms with van der Waals surface area (Å²) in [5.41, 5.74) is 5.90. The van der Waals surface area contributed by atoms with Crippen molar-refractivity contribution in [2.75, 3.05) is 18.9 Å². The molecule has 0 aliphatic heterocycles. The second-order valence-electron chi connectivity index (χ2n) is 6.72. The molecule has 1 heterocycles. The van der Waals surface area contributed by atoms with Crippen molar-refractivity contribution in [1.82, 2.24) is 9.88 Å². The van der Waals surface area contributed by atoms with E-state index in [9.17, 15) is 4.79 Å². The molecule has 4 heteroatoms. The fraction of sp³-hybridized carbons (Fsp3) is 0.217. The van der Waals surface area contributed by atoms with Crippen LogP contribution >= 0.6 is 0 Å². The van der Waals surface area contributed by atoms with Crippen molar-refractivity contribution in [1.29, 1.82) is 0 Å². The van der Waals surface area contributed by atoms with Crippen LogP contribution in [0.4, 0.5) is 11.4 Å². The van der Waals surface area contributed by atoms with Gasteiger partial charge in [-0.25, -0.2) is 0 Å². The number of para-hydroxylation sites is 1. The summed E-state index contributed by atoms with van der Waals surface area (Å²) in [7, 11) is 1.83. The second-order valence-corrected chi connectivity index (χ2v) is 6.72. The summed E-state index contributed by atoms with van der Waals surface area (Å²) in [5, 5.41) is 3.43. The number of nitrogens with one attached hydrogen (secondary N) is 1. The molecule has 3 aromatic rings. The Kier molecular flexibility index (Phi) is 5.87. The van der Waals surface area contributed by atoms with Crippen LogP contribution in [-0.2, 0) is 6.42 Å². The maximum absolute atomic E-state index is 13.0. The number of likely N-dealkylation sites (N-methyl/N-ethyl adjacent to an activating group) is 1. The van der Waals surface area contributed by atoms with E-state index >= 15 is 0 Å². The zero-order chi connectivity index (χ0) is 19.2. The van der Waals surface area contributed by atoms with Gasteiger partial charge in [-0.3, -0.25) is 9.78 Å². The minimum atomic E-state index is -0.000614. The van der Waals surface area contributed by atoms with E-state index in [1.165, 1.54) is 11.1 Å². The van der Waals surface area contributed by atoms with Gasteiger partial charge in [-0.1, -0.05) is 30.3 Å². The highest BCUT2D eigenvalue weighted by molar-refractivity contribution is 6.00. The van der Waals surface area contributed by atoms with E-state index in [-0.39, 0.29) is 5.91 Å². The number of anilines is 2. The van der Waals surface area contributed by atoms with E-state index < -0.39 is 0 Å². The lowest BCUT2D eigenvalue weighted by Crippen LogP contribution is -2.29. The zero-order valence-corrected chi connectivity index (χ0v) is 16.1. The van der Waals surface area contributed by atoms with Crippen molar-refractivity contribution < 1.29 is 4.79 Å². The Bertz CT molecular complexity index is 922. The molecule has 0 bridgehead atoms. The Morgan fingerprint density at radius 2 is 1.70 bits per heavy atom. The van der Waals surface area contributed by atoms with Gasteiger partial charge >= 0.3 is 0 Å². The highest BCUT2D eigenvalue weighted by Crippen LogP contribution is 2.26. The summed E-state index contributed by atoms with van der Waals surface area (Å²) in [5.74, 6) is -0.000614. The van der Waals surface area contributed by atoms with Crippen molar-refractivity contribution >= 4 is 17.3 Å². The second kappa shape index (κ2) is 8.49. The van der Waals surface area contributed by atoms with Crippen LogP contribution < -0.4 is 5.32 Å². The predicted molar refractivity (Wildman–Crippen MR) is 111 cm³/mol. The van der Waals surface area contributed by atoms with Crippen LogP contribution in [0.15, 0.2) is 66.9 Å². The van der Waals surface area contributed by atoms with Crippen LogP contribution in [0.5, 0.6) is 0 Å². The minimum absolute atomic E-state index is 0.000614. The average Bonchev–Trinajstić information content (AvgIpc) is 2.70. The molecule has 0 aliphatic carbocycles. The maximum atomic E-state index is 13.0. The first-order valence-corrected chi connectivity index (χ1v) is 9.14. The molecule has 0 aliphatic rings. The standard InChI is InChI=1S/C23H25N3O/c1-17-9-8-13-21(18(17)2)25-22-12-5-4-11-20(22)23(27)26(3)16-14-19-10-6-7-15-24-19/h4-13,15,25H,14,16H2,1-3H3. The summed E-state index contributed by atoms with van der Waals surface area (Å²) in [6.07, 6.45) is 2.51.